The lowest BCUT2D eigenvalue weighted by Gasteiger charge is -2.43. The van der Waals surface area contributed by atoms with Crippen molar-refractivity contribution in [1.82, 2.24) is 0 Å². The molecule has 0 radical (unpaired) electrons. The fourth-order valence-electron chi connectivity index (χ4n) is 3.61. The molecule has 2 nitrogen and oxygen atoms in total. The lowest BCUT2D eigenvalue weighted by Crippen LogP contribution is -2.35. The first kappa shape index (κ1) is 15.5. The van der Waals surface area contributed by atoms with E-state index in [0.717, 1.165) is 10.0 Å². The fourth-order valence-corrected chi connectivity index (χ4v) is 4.31. The van der Waals surface area contributed by atoms with Gasteiger partial charge in [0.15, 0.2) is 5.79 Å². The second-order valence-electron chi connectivity index (χ2n) is 7.79. The highest BCUT2D eigenvalue weighted by Crippen LogP contribution is 2.49. The van der Waals surface area contributed by atoms with Crippen LogP contribution >= 0.6 is 15.9 Å². The van der Waals surface area contributed by atoms with Gasteiger partial charge in [0.05, 0.1) is 13.2 Å². The zero-order chi connectivity index (χ0) is 15.5. The van der Waals surface area contributed by atoms with Crippen LogP contribution in [0.2, 0.25) is 0 Å². The minimum Gasteiger partial charge on any atom is -0.344 e. The monoisotopic (exact) mass is 352 g/mol. The number of rotatable bonds is 1. The maximum absolute atomic E-state index is 5.87. The molecule has 3 rings (SSSR count). The Hall–Kier alpha value is -0.380. The molecule has 1 aliphatic heterocycles. The third kappa shape index (κ3) is 2.47. The van der Waals surface area contributed by atoms with Gasteiger partial charge in [0.1, 0.15) is 0 Å². The molecule has 21 heavy (non-hydrogen) atoms. The van der Waals surface area contributed by atoms with E-state index >= 15 is 0 Å². The Bertz CT molecular complexity index is 569. The molecule has 0 saturated carbocycles. The van der Waals surface area contributed by atoms with Gasteiger partial charge in [0, 0.05) is 10.0 Å². The Kier molecular flexibility index (Phi) is 3.55. The normalized spacial score (nSPS) is 25.6. The van der Waals surface area contributed by atoms with Crippen LogP contribution in [0.4, 0.5) is 0 Å². The first-order valence-electron chi connectivity index (χ1n) is 7.79. The van der Waals surface area contributed by atoms with E-state index in [4.69, 9.17) is 9.47 Å². The van der Waals surface area contributed by atoms with E-state index in [2.05, 4.69) is 55.8 Å². The fraction of sp³-hybridized carbons (Fsp3) is 0.667. The standard InChI is InChI=1S/C18H25BrO2/c1-16(2)6-7-17(3,4)13-11-15(19)14(10-12(13)16)18(5)20-8-9-21-18/h10-11H,6-9H2,1-5H3. The summed E-state index contributed by atoms with van der Waals surface area (Å²) in [5.41, 5.74) is 4.44. The van der Waals surface area contributed by atoms with Gasteiger partial charge in [-0.1, -0.05) is 43.6 Å². The molecular weight excluding hydrogens is 328 g/mol. The first-order valence-corrected chi connectivity index (χ1v) is 8.58. The van der Waals surface area contributed by atoms with E-state index in [0.29, 0.717) is 13.2 Å². The predicted octanol–water partition coefficient (Wildman–Crippen LogP) is 5.02. The van der Waals surface area contributed by atoms with Gasteiger partial charge in [0.25, 0.3) is 0 Å². The summed E-state index contributed by atoms with van der Waals surface area (Å²) >= 11 is 3.75. The average Bonchev–Trinajstić information content (AvgIpc) is 2.83. The molecule has 0 bridgehead atoms. The van der Waals surface area contributed by atoms with Crippen molar-refractivity contribution in [3.05, 3.63) is 33.3 Å². The van der Waals surface area contributed by atoms with E-state index in [-0.39, 0.29) is 10.8 Å². The maximum atomic E-state index is 5.87. The number of hydrogen-bond acceptors (Lipinski definition) is 2. The van der Waals surface area contributed by atoms with Crippen LogP contribution in [0.1, 0.15) is 64.2 Å². The van der Waals surface area contributed by atoms with Crippen LogP contribution in [-0.4, -0.2) is 13.2 Å². The Balaban J connectivity index is 2.19. The molecular formula is C18H25BrO2. The first-order chi connectivity index (χ1) is 9.66. The van der Waals surface area contributed by atoms with Gasteiger partial charge in [-0.15, -0.1) is 0 Å². The molecule has 116 valence electrons. The van der Waals surface area contributed by atoms with Crippen LogP contribution in [-0.2, 0) is 26.1 Å². The van der Waals surface area contributed by atoms with E-state index < -0.39 is 5.79 Å². The summed E-state index contributed by atoms with van der Waals surface area (Å²) in [6.45, 7) is 12.7. The molecule has 1 fully saturated rings. The molecule has 1 aliphatic carbocycles. The molecule has 1 saturated heterocycles. The SMILES string of the molecule is CC1(C)CCC(C)(C)c2cc(C3(C)OCCO3)c(Br)cc21. The summed E-state index contributed by atoms with van der Waals surface area (Å²) in [6.07, 6.45) is 2.44. The smallest absolute Gasteiger partial charge is 0.193 e. The summed E-state index contributed by atoms with van der Waals surface area (Å²) in [4.78, 5) is 0. The highest BCUT2D eigenvalue weighted by molar-refractivity contribution is 9.10. The summed E-state index contributed by atoms with van der Waals surface area (Å²) < 4.78 is 12.8. The Morgan fingerprint density at radius 3 is 1.81 bits per heavy atom. The van der Waals surface area contributed by atoms with Crippen molar-refractivity contribution >= 4 is 15.9 Å². The van der Waals surface area contributed by atoms with Gasteiger partial charge < -0.3 is 9.47 Å². The van der Waals surface area contributed by atoms with Crippen molar-refractivity contribution in [1.29, 1.82) is 0 Å². The zero-order valence-corrected chi connectivity index (χ0v) is 15.3. The third-order valence-electron chi connectivity index (χ3n) is 5.27. The Morgan fingerprint density at radius 1 is 0.810 bits per heavy atom. The van der Waals surface area contributed by atoms with E-state index in [9.17, 15) is 0 Å². The van der Waals surface area contributed by atoms with Crippen LogP contribution in [0.25, 0.3) is 0 Å². The van der Waals surface area contributed by atoms with Crippen LogP contribution in [0.3, 0.4) is 0 Å². The second-order valence-corrected chi connectivity index (χ2v) is 8.64. The third-order valence-corrected chi connectivity index (χ3v) is 5.92. The van der Waals surface area contributed by atoms with Crippen LogP contribution in [0.5, 0.6) is 0 Å². The number of fused-ring (bicyclic) bond motifs is 1. The highest BCUT2D eigenvalue weighted by Gasteiger charge is 2.41. The van der Waals surface area contributed by atoms with Crippen molar-refractivity contribution in [3.8, 4) is 0 Å². The number of benzene rings is 1. The lowest BCUT2D eigenvalue weighted by molar-refractivity contribution is -0.150. The molecule has 0 spiro atoms. The van der Waals surface area contributed by atoms with Crippen molar-refractivity contribution in [2.45, 2.75) is 64.1 Å². The molecule has 2 aliphatic rings. The lowest BCUT2D eigenvalue weighted by atomic mass is 9.63. The Morgan fingerprint density at radius 2 is 1.29 bits per heavy atom. The molecule has 0 N–H and O–H groups in total. The van der Waals surface area contributed by atoms with Gasteiger partial charge >= 0.3 is 0 Å². The van der Waals surface area contributed by atoms with E-state index in [1.807, 2.05) is 6.92 Å². The van der Waals surface area contributed by atoms with Crippen LogP contribution < -0.4 is 0 Å². The predicted molar refractivity (Wildman–Crippen MR) is 88.7 cm³/mol. The summed E-state index contributed by atoms with van der Waals surface area (Å²) in [5.74, 6) is -0.620. The van der Waals surface area contributed by atoms with Crippen molar-refractivity contribution in [3.63, 3.8) is 0 Å². The number of hydrogen-bond donors (Lipinski definition) is 0. The summed E-state index contributed by atoms with van der Waals surface area (Å²) in [6, 6.07) is 4.60. The van der Waals surface area contributed by atoms with Gasteiger partial charge in [-0.3, -0.25) is 0 Å². The molecule has 1 aromatic rings. The van der Waals surface area contributed by atoms with Crippen LogP contribution in [0, 0.1) is 0 Å². The zero-order valence-electron chi connectivity index (χ0n) is 13.7. The molecule has 1 heterocycles. The van der Waals surface area contributed by atoms with Crippen molar-refractivity contribution in [2.24, 2.45) is 0 Å². The highest BCUT2D eigenvalue weighted by atomic mass is 79.9. The van der Waals surface area contributed by atoms with Crippen molar-refractivity contribution < 1.29 is 9.47 Å². The topological polar surface area (TPSA) is 18.5 Å². The molecule has 0 atom stereocenters. The van der Waals surface area contributed by atoms with Gasteiger partial charge in [-0.2, -0.15) is 0 Å². The van der Waals surface area contributed by atoms with Crippen molar-refractivity contribution in [2.75, 3.05) is 13.2 Å². The summed E-state index contributed by atoms with van der Waals surface area (Å²) in [7, 11) is 0. The Labute approximate surface area is 136 Å². The maximum Gasteiger partial charge on any atom is 0.193 e. The number of halogens is 1. The largest absolute Gasteiger partial charge is 0.344 e. The molecule has 0 amide bonds. The van der Waals surface area contributed by atoms with Gasteiger partial charge in [0.2, 0.25) is 0 Å². The van der Waals surface area contributed by atoms with Gasteiger partial charge in [-0.05, 0) is 53.9 Å². The average molecular weight is 353 g/mol. The van der Waals surface area contributed by atoms with E-state index in [1.165, 1.54) is 24.0 Å². The minimum atomic E-state index is -0.620. The molecule has 3 heteroatoms. The summed E-state index contributed by atoms with van der Waals surface area (Å²) in [5, 5.41) is 0. The molecule has 0 unspecified atom stereocenters. The quantitative estimate of drug-likeness (QED) is 0.706. The van der Waals surface area contributed by atoms with E-state index in [1.54, 1.807) is 0 Å². The number of ether oxygens (including phenoxy) is 2. The minimum absolute atomic E-state index is 0.204. The second kappa shape index (κ2) is 4.81. The molecule has 1 aromatic carbocycles. The molecule has 0 aromatic heterocycles. The van der Waals surface area contributed by atoms with Crippen LogP contribution in [0.15, 0.2) is 16.6 Å². The van der Waals surface area contributed by atoms with Gasteiger partial charge in [-0.25, -0.2) is 0 Å².